The molecule has 1 aliphatic heterocycles. The normalized spacial score (nSPS) is 12.9. The van der Waals surface area contributed by atoms with Gasteiger partial charge in [0.2, 0.25) is 5.91 Å². The van der Waals surface area contributed by atoms with Crippen LogP contribution in [0.4, 0.5) is 0 Å². The van der Waals surface area contributed by atoms with Gasteiger partial charge in [0.05, 0.1) is 5.75 Å². The summed E-state index contributed by atoms with van der Waals surface area (Å²) in [4.78, 5) is 14.0. The lowest BCUT2D eigenvalue weighted by molar-refractivity contribution is -0.127. The Bertz CT molecular complexity index is 758. The average molecular weight is 362 g/mol. The third kappa shape index (κ3) is 3.73. The predicted octanol–water partition coefficient (Wildman–Crippen LogP) is 2.21. The second-order valence-electron chi connectivity index (χ2n) is 5.58. The number of carbonyl (C=O) groups is 1. The molecule has 134 valence electrons. The molecule has 2 aromatic rings. The van der Waals surface area contributed by atoms with E-state index in [0.717, 1.165) is 36.0 Å². The minimum Gasteiger partial charge on any atom is -0.486 e. The monoisotopic (exact) mass is 362 g/mol. The summed E-state index contributed by atoms with van der Waals surface area (Å²) in [6.07, 6.45) is 0. The van der Waals surface area contributed by atoms with Crippen LogP contribution < -0.4 is 9.47 Å². The van der Waals surface area contributed by atoms with E-state index in [9.17, 15) is 4.79 Å². The smallest absolute Gasteiger partial charge is 0.233 e. The van der Waals surface area contributed by atoms with Crippen molar-refractivity contribution >= 4 is 17.7 Å². The van der Waals surface area contributed by atoms with Crippen molar-refractivity contribution in [3.63, 3.8) is 0 Å². The maximum atomic E-state index is 12.1. The SMILES string of the molecule is CCN(CC)C(=O)CSc1nnc(-c2ccc3c(c2)OCCO3)n1C. The fourth-order valence-corrected chi connectivity index (χ4v) is 3.48. The van der Waals surface area contributed by atoms with Crippen LogP contribution in [0.5, 0.6) is 11.5 Å². The number of ether oxygens (including phenoxy) is 2. The number of hydrogen-bond acceptors (Lipinski definition) is 6. The maximum Gasteiger partial charge on any atom is 0.233 e. The first-order valence-corrected chi connectivity index (χ1v) is 9.32. The molecule has 0 atom stereocenters. The van der Waals surface area contributed by atoms with Gasteiger partial charge in [-0.2, -0.15) is 0 Å². The molecular weight excluding hydrogens is 340 g/mol. The third-order valence-corrected chi connectivity index (χ3v) is 5.08. The van der Waals surface area contributed by atoms with Gasteiger partial charge in [-0.1, -0.05) is 11.8 Å². The summed E-state index contributed by atoms with van der Waals surface area (Å²) >= 11 is 1.40. The number of nitrogens with zero attached hydrogens (tertiary/aromatic N) is 4. The number of rotatable bonds is 6. The second-order valence-corrected chi connectivity index (χ2v) is 6.52. The van der Waals surface area contributed by atoms with Crippen LogP contribution in [0.25, 0.3) is 11.4 Å². The number of aromatic nitrogens is 3. The van der Waals surface area contributed by atoms with E-state index in [2.05, 4.69) is 10.2 Å². The molecule has 0 N–H and O–H groups in total. The molecule has 0 aliphatic carbocycles. The van der Waals surface area contributed by atoms with E-state index in [0.29, 0.717) is 24.1 Å². The molecule has 8 heteroatoms. The van der Waals surface area contributed by atoms with Crippen LogP contribution in [0.3, 0.4) is 0 Å². The second kappa shape index (κ2) is 7.77. The fraction of sp³-hybridized carbons (Fsp3) is 0.471. The third-order valence-electron chi connectivity index (χ3n) is 4.08. The molecule has 7 nitrogen and oxygen atoms in total. The van der Waals surface area contributed by atoms with Crippen LogP contribution in [0.2, 0.25) is 0 Å². The zero-order valence-electron chi connectivity index (χ0n) is 14.7. The van der Waals surface area contributed by atoms with Gasteiger partial charge in [0, 0.05) is 25.7 Å². The summed E-state index contributed by atoms with van der Waals surface area (Å²) in [5, 5.41) is 9.20. The Kier molecular flexibility index (Phi) is 5.47. The average Bonchev–Trinajstić information content (AvgIpc) is 3.01. The van der Waals surface area contributed by atoms with Crippen molar-refractivity contribution in [2.75, 3.05) is 32.1 Å². The van der Waals surface area contributed by atoms with Crippen LogP contribution in [-0.4, -0.2) is 57.6 Å². The highest BCUT2D eigenvalue weighted by molar-refractivity contribution is 7.99. The standard InChI is InChI=1S/C17H22N4O3S/c1-4-21(5-2)15(22)11-25-17-19-18-16(20(17)3)12-6-7-13-14(10-12)24-9-8-23-13/h6-7,10H,4-5,8-9,11H2,1-3H3. The van der Waals surface area contributed by atoms with Crippen molar-refractivity contribution < 1.29 is 14.3 Å². The molecule has 0 unspecified atom stereocenters. The molecule has 1 amide bonds. The zero-order chi connectivity index (χ0) is 17.8. The van der Waals surface area contributed by atoms with Gasteiger partial charge in [0.15, 0.2) is 22.5 Å². The molecule has 0 saturated carbocycles. The highest BCUT2D eigenvalue weighted by atomic mass is 32.2. The van der Waals surface area contributed by atoms with Gasteiger partial charge in [-0.15, -0.1) is 10.2 Å². The van der Waals surface area contributed by atoms with E-state index in [1.54, 1.807) is 0 Å². The molecule has 0 radical (unpaired) electrons. The summed E-state index contributed by atoms with van der Waals surface area (Å²) in [6, 6.07) is 5.73. The Morgan fingerprint density at radius 3 is 2.64 bits per heavy atom. The first kappa shape index (κ1) is 17.6. The lowest BCUT2D eigenvalue weighted by Gasteiger charge is -2.18. The minimum absolute atomic E-state index is 0.110. The molecule has 3 rings (SSSR count). The first-order valence-electron chi connectivity index (χ1n) is 8.34. The number of fused-ring (bicyclic) bond motifs is 1. The van der Waals surface area contributed by atoms with E-state index in [1.807, 2.05) is 48.6 Å². The Labute approximate surface area is 151 Å². The predicted molar refractivity (Wildman–Crippen MR) is 96.1 cm³/mol. The first-order chi connectivity index (χ1) is 12.1. The van der Waals surface area contributed by atoms with Crippen molar-refractivity contribution in [2.45, 2.75) is 19.0 Å². The number of hydrogen-bond donors (Lipinski definition) is 0. The lowest BCUT2D eigenvalue weighted by atomic mass is 10.2. The van der Waals surface area contributed by atoms with E-state index in [-0.39, 0.29) is 5.91 Å². The van der Waals surface area contributed by atoms with Gasteiger partial charge in [-0.3, -0.25) is 4.79 Å². The van der Waals surface area contributed by atoms with Crippen LogP contribution in [0, 0.1) is 0 Å². The summed E-state index contributed by atoms with van der Waals surface area (Å²) in [7, 11) is 1.90. The Morgan fingerprint density at radius 1 is 1.20 bits per heavy atom. The van der Waals surface area contributed by atoms with Crippen molar-refractivity contribution in [3.05, 3.63) is 18.2 Å². The lowest BCUT2D eigenvalue weighted by Crippen LogP contribution is -2.31. The van der Waals surface area contributed by atoms with Gasteiger partial charge in [0.25, 0.3) is 0 Å². The minimum atomic E-state index is 0.110. The van der Waals surface area contributed by atoms with Crippen LogP contribution >= 0.6 is 11.8 Å². The Morgan fingerprint density at radius 2 is 1.92 bits per heavy atom. The van der Waals surface area contributed by atoms with E-state index >= 15 is 0 Å². The maximum absolute atomic E-state index is 12.1. The van der Waals surface area contributed by atoms with Crippen LogP contribution in [-0.2, 0) is 11.8 Å². The zero-order valence-corrected chi connectivity index (χ0v) is 15.5. The van der Waals surface area contributed by atoms with E-state index in [1.165, 1.54) is 11.8 Å². The molecule has 1 aromatic heterocycles. The molecule has 0 saturated heterocycles. The molecule has 0 spiro atoms. The molecule has 0 bridgehead atoms. The fourth-order valence-electron chi connectivity index (χ4n) is 2.67. The largest absolute Gasteiger partial charge is 0.486 e. The number of benzene rings is 1. The summed E-state index contributed by atoms with van der Waals surface area (Å²) in [5.74, 6) is 2.66. The Hall–Kier alpha value is -2.22. The van der Waals surface area contributed by atoms with Gasteiger partial charge < -0.3 is 18.9 Å². The van der Waals surface area contributed by atoms with Gasteiger partial charge in [0.1, 0.15) is 13.2 Å². The molecule has 1 aliphatic rings. The highest BCUT2D eigenvalue weighted by Gasteiger charge is 2.18. The summed E-state index contributed by atoms with van der Waals surface area (Å²) in [5.41, 5.74) is 0.904. The van der Waals surface area contributed by atoms with Crippen molar-refractivity contribution in [1.82, 2.24) is 19.7 Å². The summed E-state index contributed by atoms with van der Waals surface area (Å²) in [6.45, 7) is 6.51. The van der Waals surface area contributed by atoms with Crippen LogP contribution in [0.1, 0.15) is 13.8 Å². The highest BCUT2D eigenvalue weighted by Crippen LogP contribution is 2.34. The van der Waals surface area contributed by atoms with Crippen LogP contribution in [0.15, 0.2) is 23.4 Å². The van der Waals surface area contributed by atoms with Crippen molar-refractivity contribution in [2.24, 2.45) is 7.05 Å². The number of carbonyl (C=O) groups excluding carboxylic acids is 1. The number of amides is 1. The summed E-state index contributed by atoms with van der Waals surface area (Å²) < 4.78 is 13.1. The van der Waals surface area contributed by atoms with E-state index in [4.69, 9.17) is 9.47 Å². The quantitative estimate of drug-likeness (QED) is 0.734. The number of thioether (sulfide) groups is 1. The molecule has 25 heavy (non-hydrogen) atoms. The molecule has 2 heterocycles. The van der Waals surface area contributed by atoms with Gasteiger partial charge >= 0.3 is 0 Å². The molecule has 1 aromatic carbocycles. The Balaban J connectivity index is 1.74. The van der Waals surface area contributed by atoms with Gasteiger partial charge in [-0.05, 0) is 32.0 Å². The van der Waals surface area contributed by atoms with Crippen molar-refractivity contribution in [3.8, 4) is 22.9 Å². The van der Waals surface area contributed by atoms with E-state index < -0.39 is 0 Å². The molecular formula is C17H22N4O3S. The topological polar surface area (TPSA) is 69.5 Å². The van der Waals surface area contributed by atoms with Crippen molar-refractivity contribution in [1.29, 1.82) is 0 Å². The molecule has 0 fully saturated rings. The van der Waals surface area contributed by atoms with Gasteiger partial charge in [-0.25, -0.2) is 0 Å².